The van der Waals surface area contributed by atoms with Crippen LogP contribution in [0.15, 0.2) is 0 Å². The normalized spacial score (nSPS) is 27.3. The number of rotatable bonds is 3. The van der Waals surface area contributed by atoms with Crippen molar-refractivity contribution in [1.29, 1.82) is 0 Å². The van der Waals surface area contributed by atoms with Gasteiger partial charge in [0.05, 0.1) is 0 Å². The topological polar surface area (TPSA) is 15.3 Å². The fraction of sp³-hybridized carbons (Fsp3) is 1.00. The van der Waals surface area contributed by atoms with Crippen molar-refractivity contribution in [2.45, 2.75) is 32.2 Å². The molecular weight excluding hydrogens is 136 g/mol. The molecule has 0 aliphatic carbocycles. The van der Waals surface area contributed by atoms with E-state index in [0.717, 1.165) is 12.6 Å². The molecule has 1 atom stereocenters. The third kappa shape index (κ3) is 2.46. The van der Waals surface area contributed by atoms with Gasteiger partial charge in [0.15, 0.2) is 0 Å². The Bertz CT molecular complexity index is 102. The zero-order valence-corrected chi connectivity index (χ0v) is 7.77. The lowest BCUT2D eigenvalue weighted by atomic mass is 10.0. The first-order valence-electron chi connectivity index (χ1n) is 4.77. The van der Waals surface area contributed by atoms with Gasteiger partial charge in [0.2, 0.25) is 0 Å². The highest BCUT2D eigenvalue weighted by Crippen LogP contribution is 2.15. The molecule has 0 spiro atoms. The molecule has 1 fully saturated rings. The van der Waals surface area contributed by atoms with Crippen LogP contribution in [-0.2, 0) is 0 Å². The average molecular weight is 156 g/mol. The molecule has 0 aromatic rings. The molecule has 1 aliphatic heterocycles. The van der Waals surface area contributed by atoms with Crippen LogP contribution in [0.25, 0.3) is 0 Å². The van der Waals surface area contributed by atoms with Crippen LogP contribution in [0.3, 0.4) is 0 Å². The van der Waals surface area contributed by atoms with E-state index >= 15 is 0 Å². The minimum absolute atomic E-state index is 0.804. The van der Waals surface area contributed by atoms with Crippen LogP contribution in [0.2, 0.25) is 0 Å². The molecule has 1 N–H and O–H groups in total. The highest BCUT2D eigenvalue weighted by molar-refractivity contribution is 4.76. The molecular formula is C9H20N2. The van der Waals surface area contributed by atoms with Crippen molar-refractivity contribution in [3.63, 3.8) is 0 Å². The Balaban J connectivity index is 2.31. The molecule has 2 nitrogen and oxygen atoms in total. The van der Waals surface area contributed by atoms with Crippen LogP contribution >= 0.6 is 0 Å². The van der Waals surface area contributed by atoms with Gasteiger partial charge >= 0.3 is 0 Å². The quantitative estimate of drug-likeness (QED) is 0.658. The fourth-order valence-electron chi connectivity index (χ4n) is 1.94. The van der Waals surface area contributed by atoms with E-state index in [9.17, 15) is 0 Å². The van der Waals surface area contributed by atoms with Crippen molar-refractivity contribution >= 4 is 0 Å². The number of likely N-dealkylation sites (tertiary alicyclic amines) is 1. The molecule has 0 bridgehead atoms. The van der Waals surface area contributed by atoms with Gasteiger partial charge in [0.25, 0.3) is 0 Å². The van der Waals surface area contributed by atoms with Crippen molar-refractivity contribution in [2.24, 2.45) is 0 Å². The molecule has 66 valence electrons. The van der Waals surface area contributed by atoms with Gasteiger partial charge in [-0.05, 0) is 33.0 Å². The van der Waals surface area contributed by atoms with Crippen molar-refractivity contribution < 1.29 is 0 Å². The second-order valence-corrected chi connectivity index (χ2v) is 3.34. The Labute approximate surface area is 70.0 Å². The molecule has 1 unspecified atom stereocenters. The summed E-state index contributed by atoms with van der Waals surface area (Å²) in [6.45, 7) is 5.94. The van der Waals surface area contributed by atoms with Crippen LogP contribution in [-0.4, -0.2) is 37.6 Å². The summed E-state index contributed by atoms with van der Waals surface area (Å²) in [5, 5.41) is 3.26. The van der Waals surface area contributed by atoms with Crippen LogP contribution in [0.5, 0.6) is 0 Å². The Morgan fingerprint density at radius 1 is 1.45 bits per heavy atom. The summed E-state index contributed by atoms with van der Waals surface area (Å²) < 4.78 is 0. The van der Waals surface area contributed by atoms with Gasteiger partial charge in [-0.25, -0.2) is 0 Å². The molecule has 1 aliphatic rings. The van der Waals surface area contributed by atoms with E-state index in [2.05, 4.69) is 17.1 Å². The monoisotopic (exact) mass is 156 g/mol. The maximum Gasteiger partial charge on any atom is 0.0220 e. The van der Waals surface area contributed by atoms with Crippen LogP contribution in [0.1, 0.15) is 26.2 Å². The summed E-state index contributed by atoms with van der Waals surface area (Å²) in [5.74, 6) is 0. The molecule has 2 heteroatoms. The number of likely N-dealkylation sites (N-methyl/N-ethyl adjacent to an activating group) is 2. The number of piperidine rings is 1. The van der Waals surface area contributed by atoms with Crippen molar-refractivity contribution in [3.8, 4) is 0 Å². The zero-order chi connectivity index (χ0) is 8.10. The SMILES string of the molecule is CCN1CCCCC1CNC. The third-order valence-corrected chi connectivity index (χ3v) is 2.60. The molecule has 0 aromatic heterocycles. The van der Waals surface area contributed by atoms with Gasteiger partial charge in [-0.3, -0.25) is 4.90 Å². The maximum absolute atomic E-state index is 3.26. The lowest BCUT2D eigenvalue weighted by Gasteiger charge is -2.34. The number of nitrogens with zero attached hydrogens (tertiary/aromatic N) is 1. The predicted octanol–water partition coefficient (Wildman–Crippen LogP) is 1.08. The van der Waals surface area contributed by atoms with Gasteiger partial charge in [-0.15, -0.1) is 0 Å². The van der Waals surface area contributed by atoms with E-state index in [-0.39, 0.29) is 0 Å². The lowest BCUT2D eigenvalue weighted by molar-refractivity contribution is 0.155. The Kier molecular flexibility index (Phi) is 3.87. The third-order valence-electron chi connectivity index (χ3n) is 2.60. The Hall–Kier alpha value is -0.0800. The van der Waals surface area contributed by atoms with Gasteiger partial charge in [0.1, 0.15) is 0 Å². The number of hydrogen-bond donors (Lipinski definition) is 1. The second kappa shape index (κ2) is 4.73. The standard InChI is InChI=1S/C9H20N2/c1-3-11-7-5-4-6-9(11)8-10-2/h9-10H,3-8H2,1-2H3. The highest BCUT2D eigenvalue weighted by Gasteiger charge is 2.19. The minimum atomic E-state index is 0.804. The van der Waals surface area contributed by atoms with E-state index in [4.69, 9.17) is 0 Å². The van der Waals surface area contributed by atoms with Gasteiger partial charge in [-0.2, -0.15) is 0 Å². The second-order valence-electron chi connectivity index (χ2n) is 3.34. The summed E-state index contributed by atoms with van der Waals surface area (Å²) in [6, 6.07) is 0.804. The molecule has 0 radical (unpaired) electrons. The van der Waals surface area contributed by atoms with E-state index in [1.165, 1.54) is 32.4 Å². The number of nitrogens with one attached hydrogen (secondary N) is 1. The largest absolute Gasteiger partial charge is 0.318 e. The van der Waals surface area contributed by atoms with E-state index in [1.54, 1.807) is 0 Å². The van der Waals surface area contributed by atoms with Crippen LogP contribution in [0, 0.1) is 0 Å². The highest BCUT2D eigenvalue weighted by atomic mass is 15.2. The molecule has 11 heavy (non-hydrogen) atoms. The van der Waals surface area contributed by atoms with E-state index in [1.807, 2.05) is 7.05 Å². The predicted molar refractivity (Wildman–Crippen MR) is 48.8 cm³/mol. The summed E-state index contributed by atoms with van der Waals surface area (Å²) in [4.78, 5) is 2.58. The first-order valence-corrected chi connectivity index (χ1v) is 4.77. The summed E-state index contributed by atoms with van der Waals surface area (Å²) in [5.41, 5.74) is 0. The fourth-order valence-corrected chi connectivity index (χ4v) is 1.94. The van der Waals surface area contributed by atoms with Crippen molar-refractivity contribution in [3.05, 3.63) is 0 Å². The molecule has 0 amide bonds. The molecule has 0 aromatic carbocycles. The first-order chi connectivity index (χ1) is 5.38. The lowest BCUT2D eigenvalue weighted by Crippen LogP contribution is -2.44. The van der Waals surface area contributed by atoms with E-state index in [0.29, 0.717) is 0 Å². The van der Waals surface area contributed by atoms with Gasteiger partial charge < -0.3 is 5.32 Å². The van der Waals surface area contributed by atoms with Gasteiger partial charge in [-0.1, -0.05) is 13.3 Å². The van der Waals surface area contributed by atoms with E-state index < -0.39 is 0 Å². The minimum Gasteiger partial charge on any atom is -0.318 e. The smallest absolute Gasteiger partial charge is 0.0220 e. The van der Waals surface area contributed by atoms with Crippen molar-refractivity contribution in [1.82, 2.24) is 10.2 Å². The maximum atomic E-state index is 3.26. The zero-order valence-electron chi connectivity index (χ0n) is 7.77. The molecule has 1 rings (SSSR count). The first kappa shape index (κ1) is 9.01. The van der Waals surface area contributed by atoms with Crippen molar-refractivity contribution in [2.75, 3.05) is 26.7 Å². The van der Waals surface area contributed by atoms with Crippen LogP contribution < -0.4 is 5.32 Å². The summed E-state index contributed by atoms with van der Waals surface area (Å²) >= 11 is 0. The Morgan fingerprint density at radius 2 is 2.27 bits per heavy atom. The van der Waals surface area contributed by atoms with Crippen LogP contribution in [0.4, 0.5) is 0 Å². The average Bonchev–Trinajstić information content (AvgIpc) is 2.06. The summed E-state index contributed by atoms with van der Waals surface area (Å²) in [7, 11) is 2.04. The number of hydrogen-bond acceptors (Lipinski definition) is 2. The molecule has 0 saturated carbocycles. The summed E-state index contributed by atoms with van der Waals surface area (Å²) in [6.07, 6.45) is 4.20. The van der Waals surface area contributed by atoms with Gasteiger partial charge in [0, 0.05) is 12.6 Å². The Morgan fingerprint density at radius 3 is 2.91 bits per heavy atom. The molecule has 1 saturated heterocycles. The molecule has 1 heterocycles.